The Morgan fingerprint density at radius 1 is 1.28 bits per heavy atom. The Labute approximate surface area is 147 Å². The van der Waals surface area contributed by atoms with Crippen LogP contribution in [0, 0.1) is 0 Å². The largest absolute Gasteiger partial charge is 0.357 e. The molecule has 1 fully saturated rings. The fraction of sp³-hybridized carbons (Fsp3) is 0.588. The summed E-state index contributed by atoms with van der Waals surface area (Å²) in [5.41, 5.74) is 0.545. The van der Waals surface area contributed by atoms with Crippen LogP contribution in [0.5, 0.6) is 0 Å². The highest BCUT2D eigenvalue weighted by molar-refractivity contribution is 5.94. The topological polar surface area (TPSA) is 99.7 Å². The Morgan fingerprint density at radius 3 is 2.68 bits per heavy atom. The van der Waals surface area contributed by atoms with Crippen molar-refractivity contribution in [1.29, 1.82) is 0 Å². The van der Waals surface area contributed by atoms with Crippen LogP contribution in [-0.4, -0.2) is 44.6 Å². The third-order valence-corrected chi connectivity index (χ3v) is 4.50. The number of aromatic amines is 1. The lowest BCUT2D eigenvalue weighted by Gasteiger charge is -2.21. The Kier molecular flexibility index (Phi) is 5.92. The van der Waals surface area contributed by atoms with E-state index in [4.69, 9.17) is 0 Å². The first kappa shape index (κ1) is 17.3. The first-order valence-corrected chi connectivity index (χ1v) is 9.03. The smallest absolute Gasteiger partial charge is 0.253 e. The van der Waals surface area contributed by atoms with Crippen molar-refractivity contribution in [3.63, 3.8) is 0 Å². The van der Waals surface area contributed by atoms with E-state index in [0.717, 1.165) is 31.7 Å². The van der Waals surface area contributed by atoms with Crippen LogP contribution in [0.15, 0.2) is 18.3 Å². The van der Waals surface area contributed by atoms with Crippen molar-refractivity contribution in [3.8, 4) is 0 Å². The standard InChI is InChI=1S/C17H25N7O/c1-2-7-14(16-20-22-23-21-16)19-17(25)13-8-9-15(18-12-13)24-10-5-3-4-6-11-24/h8-9,12,14H,2-7,10-11H2,1H3,(H,19,25)(H,20,21,22,23)/t14-/m1/s1. The van der Waals surface area contributed by atoms with E-state index in [1.165, 1.54) is 25.7 Å². The molecule has 0 aromatic carbocycles. The molecule has 1 aliphatic rings. The summed E-state index contributed by atoms with van der Waals surface area (Å²) in [5, 5.41) is 16.9. The molecule has 0 radical (unpaired) electrons. The van der Waals surface area contributed by atoms with Gasteiger partial charge in [-0.15, -0.1) is 10.2 Å². The minimum absolute atomic E-state index is 0.168. The number of nitrogens with zero attached hydrogens (tertiary/aromatic N) is 5. The number of hydrogen-bond donors (Lipinski definition) is 2. The first-order valence-electron chi connectivity index (χ1n) is 9.03. The molecule has 2 N–H and O–H groups in total. The number of rotatable bonds is 6. The molecule has 8 nitrogen and oxygen atoms in total. The molecule has 3 heterocycles. The van der Waals surface area contributed by atoms with Crippen LogP contribution in [0.2, 0.25) is 0 Å². The van der Waals surface area contributed by atoms with Gasteiger partial charge in [0.05, 0.1) is 11.6 Å². The normalized spacial score (nSPS) is 16.3. The van der Waals surface area contributed by atoms with Gasteiger partial charge in [-0.2, -0.15) is 5.21 Å². The molecule has 8 heteroatoms. The molecule has 3 rings (SSSR count). The molecule has 0 spiro atoms. The van der Waals surface area contributed by atoms with E-state index in [9.17, 15) is 4.79 Å². The van der Waals surface area contributed by atoms with Crippen molar-refractivity contribution in [2.45, 2.75) is 51.5 Å². The van der Waals surface area contributed by atoms with E-state index in [-0.39, 0.29) is 11.9 Å². The quantitative estimate of drug-likeness (QED) is 0.834. The summed E-state index contributed by atoms with van der Waals surface area (Å²) in [6, 6.07) is 3.52. The number of tetrazole rings is 1. The number of pyridine rings is 1. The van der Waals surface area contributed by atoms with Gasteiger partial charge in [0.15, 0.2) is 5.82 Å². The summed E-state index contributed by atoms with van der Waals surface area (Å²) in [7, 11) is 0. The molecule has 1 atom stereocenters. The molecule has 0 bridgehead atoms. The van der Waals surface area contributed by atoms with Gasteiger partial charge in [0, 0.05) is 19.3 Å². The van der Waals surface area contributed by atoms with E-state index in [2.05, 4.69) is 42.7 Å². The third-order valence-electron chi connectivity index (χ3n) is 4.50. The van der Waals surface area contributed by atoms with E-state index < -0.39 is 0 Å². The number of anilines is 1. The molecule has 25 heavy (non-hydrogen) atoms. The van der Waals surface area contributed by atoms with Gasteiger partial charge in [0.25, 0.3) is 5.91 Å². The summed E-state index contributed by atoms with van der Waals surface area (Å²) in [5.74, 6) is 1.28. The van der Waals surface area contributed by atoms with Gasteiger partial charge in [0.1, 0.15) is 5.82 Å². The zero-order valence-electron chi connectivity index (χ0n) is 14.6. The van der Waals surface area contributed by atoms with E-state index in [1.807, 2.05) is 12.1 Å². The molecule has 2 aromatic heterocycles. The van der Waals surface area contributed by atoms with Crippen molar-refractivity contribution >= 4 is 11.7 Å². The zero-order valence-corrected chi connectivity index (χ0v) is 14.6. The summed E-state index contributed by atoms with van der Waals surface area (Å²) >= 11 is 0. The second kappa shape index (κ2) is 8.55. The number of amides is 1. The molecule has 1 saturated heterocycles. The lowest BCUT2D eigenvalue weighted by atomic mass is 10.1. The molecule has 0 aliphatic carbocycles. The van der Waals surface area contributed by atoms with Crippen LogP contribution < -0.4 is 10.2 Å². The van der Waals surface area contributed by atoms with Crippen LogP contribution in [0.25, 0.3) is 0 Å². The van der Waals surface area contributed by atoms with Crippen LogP contribution in [0.3, 0.4) is 0 Å². The second-order valence-electron chi connectivity index (χ2n) is 6.39. The van der Waals surface area contributed by atoms with Gasteiger partial charge >= 0.3 is 0 Å². The van der Waals surface area contributed by atoms with Crippen LogP contribution in [0.4, 0.5) is 5.82 Å². The summed E-state index contributed by atoms with van der Waals surface area (Å²) in [4.78, 5) is 19.3. The second-order valence-corrected chi connectivity index (χ2v) is 6.39. The van der Waals surface area contributed by atoms with Gasteiger partial charge in [0.2, 0.25) is 0 Å². The monoisotopic (exact) mass is 343 g/mol. The number of carbonyl (C=O) groups excluding carboxylic acids is 1. The summed E-state index contributed by atoms with van der Waals surface area (Å²) in [6.45, 7) is 4.13. The number of H-pyrrole nitrogens is 1. The minimum atomic E-state index is -0.249. The molecular weight excluding hydrogens is 318 g/mol. The Hall–Kier alpha value is -2.51. The van der Waals surface area contributed by atoms with E-state index >= 15 is 0 Å². The average Bonchev–Trinajstić information content (AvgIpc) is 3.04. The maximum Gasteiger partial charge on any atom is 0.253 e. The van der Waals surface area contributed by atoms with Gasteiger partial charge in [-0.1, -0.05) is 31.4 Å². The molecule has 1 amide bonds. The SMILES string of the molecule is CCC[C@@H](NC(=O)c1ccc(N2CCCCCC2)nc1)c1nn[nH]n1. The Bertz CT molecular complexity index is 648. The van der Waals surface area contributed by atoms with Crippen LogP contribution in [-0.2, 0) is 0 Å². The lowest BCUT2D eigenvalue weighted by molar-refractivity contribution is 0.0932. The predicted molar refractivity (Wildman–Crippen MR) is 94.2 cm³/mol. The van der Waals surface area contributed by atoms with Crippen molar-refractivity contribution < 1.29 is 4.79 Å². The first-order chi connectivity index (χ1) is 12.3. The fourth-order valence-electron chi connectivity index (χ4n) is 3.12. The number of hydrogen-bond acceptors (Lipinski definition) is 6. The highest BCUT2D eigenvalue weighted by Crippen LogP contribution is 2.18. The number of nitrogens with one attached hydrogen (secondary N) is 2. The molecule has 2 aromatic rings. The van der Waals surface area contributed by atoms with Crippen molar-refractivity contribution in [1.82, 2.24) is 30.9 Å². The van der Waals surface area contributed by atoms with Crippen LogP contribution in [0.1, 0.15) is 67.7 Å². The Balaban J connectivity index is 1.65. The van der Waals surface area contributed by atoms with Crippen molar-refractivity contribution in [3.05, 3.63) is 29.7 Å². The van der Waals surface area contributed by atoms with Gasteiger partial charge in [-0.05, 0) is 31.4 Å². The highest BCUT2D eigenvalue weighted by atomic mass is 16.1. The van der Waals surface area contributed by atoms with Crippen molar-refractivity contribution in [2.75, 3.05) is 18.0 Å². The lowest BCUT2D eigenvalue weighted by Crippen LogP contribution is -2.30. The predicted octanol–water partition coefficient (Wildman–Crippen LogP) is 2.25. The molecule has 134 valence electrons. The number of carbonyl (C=O) groups is 1. The van der Waals surface area contributed by atoms with Gasteiger partial charge in [-0.3, -0.25) is 4.79 Å². The van der Waals surface area contributed by atoms with Crippen LogP contribution >= 0.6 is 0 Å². The van der Waals surface area contributed by atoms with E-state index in [0.29, 0.717) is 11.4 Å². The molecule has 0 saturated carbocycles. The maximum atomic E-state index is 12.5. The van der Waals surface area contributed by atoms with E-state index in [1.54, 1.807) is 6.20 Å². The van der Waals surface area contributed by atoms with Gasteiger partial charge < -0.3 is 10.2 Å². The van der Waals surface area contributed by atoms with Crippen molar-refractivity contribution in [2.24, 2.45) is 0 Å². The third kappa shape index (κ3) is 4.52. The maximum absolute atomic E-state index is 12.5. The zero-order chi connectivity index (χ0) is 17.5. The molecule has 0 unspecified atom stereocenters. The highest BCUT2D eigenvalue weighted by Gasteiger charge is 2.19. The Morgan fingerprint density at radius 2 is 2.08 bits per heavy atom. The fourth-order valence-corrected chi connectivity index (χ4v) is 3.12. The molecule has 1 aliphatic heterocycles. The number of aromatic nitrogens is 5. The molecular formula is C17H25N7O. The minimum Gasteiger partial charge on any atom is -0.357 e. The average molecular weight is 343 g/mol. The summed E-state index contributed by atoms with van der Waals surface area (Å²) < 4.78 is 0. The summed E-state index contributed by atoms with van der Waals surface area (Å²) in [6.07, 6.45) is 8.28. The van der Waals surface area contributed by atoms with Gasteiger partial charge in [-0.25, -0.2) is 4.98 Å².